The second-order valence-electron chi connectivity index (χ2n) is 22.1. The largest absolute Gasteiger partial charge is 0.466 e. The van der Waals surface area contributed by atoms with E-state index >= 15 is 0 Å². The molecule has 72 heavy (non-hydrogen) atoms. The highest BCUT2D eigenvalue weighted by Gasteiger charge is 2.18. The van der Waals surface area contributed by atoms with E-state index in [0.29, 0.717) is 19.4 Å². The highest BCUT2D eigenvalue weighted by molar-refractivity contribution is 5.76. The lowest BCUT2D eigenvalue weighted by Gasteiger charge is -2.20. The number of unbranched alkanes of at least 4 members (excludes halogenated alkanes) is 45. The predicted molar refractivity (Wildman–Crippen MR) is 315 cm³/mol. The van der Waals surface area contributed by atoms with Crippen LogP contribution in [0, 0.1) is 0 Å². The third-order valence-corrected chi connectivity index (χ3v) is 14.9. The molecule has 0 saturated carbocycles. The van der Waals surface area contributed by atoms with E-state index < -0.39 is 12.1 Å². The van der Waals surface area contributed by atoms with Crippen molar-refractivity contribution in [2.24, 2.45) is 0 Å². The van der Waals surface area contributed by atoms with Gasteiger partial charge in [-0.05, 0) is 83.5 Å². The summed E-state index contributed by atoms with van der Waals surface area (Å²) in [6, 6.07) is -0.625. The van der Waals surface area contributed by atoms with Gasteiger partial charge in [0.25, 0.3) is 0 Å². The van der Waals surface area contributed by atoms with Crippen molar-refractivity contribution in [3.05, 3.63) is 36.5 Å². The molecule has 0 radical (unpaired) electrons. The number of aliphatic hydroxyl groups excluding tert-OH is 2. The molecule has 2 unspecified atom stereocenters. The van der Waals surface area contributed by atoms with Gasteiger partial charge in [-0.3, -0.25) is 9.59 Å². The van der Waals surface area contributed by atoms with Crippen molar-refractivity contribution in [3.63, 3.8) is 0 Å². The summed E-state index contributed by atoms with van der Waals surface area (Å²) < 4.78 is 5.49. The maximum absolute atomic E-state index is 12.4. The lowest BCUT2D eigenvalue weighted by atomic mass is 10.0. The van der Waals surface area contributed by atoms with E-state index in [2.05, 4.69) is 43.5 Å². The summed E-state index contributed by atoms with van der Waals surface area (Å²) in [7, 11) is 0. The Labute approximate surface area is 449 Å². The molecule has 0 aromatic carbocycles. The third-order valence-electron chi connectivity index (χ3n) is 14.9. The Kier molecular flexibility index (Phi) is 60.0. The number of allylic oxidation sites excluding steroid dienone is 5. The van der Waals surface area contributed by atoms with Gasteiger partial charge in [0.2, 0.25) is 5.91 Å². The van der Waals surface area contributed by atoms with Gasteiger partial charge in [-0.25, -0.2) is 0 Å². The van der Waals surface area contributed by atoms with Crippen molar-refractivity contribution >= 4 is 11.9 Å². The molecule has 3 N–H and O–H groups in total. The van der Waals surface area contributed by atoms with E-state index in [1.165, 1.54) is 276 Å². The van der Waals surface area contributed by atoms with Crippen LogP contribution in [0.15, 0.2) is 36.5 Å². The number of esters is 1. The number of rotatable bonds is 60. The molecule has 1 amide bonds. The van der Waals surface area contributed by atoms with E-state index in [-0.39, 0.29) is 18.5 Å². The van der Waals surface area contributed by atoms with Gasteiger partial charge in [0.05, 0.1) is 25.4 Å². The van der Waals surface area contributed by atoms with Gasteiger partial charge < -0.3 is 20.3 Å². The second kappa shape index (κ2) is 61.6. The van der Waals surface area contributed by atoms with E-state index in [1.807, 2.05) is 6.08 Å². The van der Waals surface area contributed by atoms with Crippen LogP contribution in [0.1, 0.15) is 348 Å². The number of ether oxygens (including phenoxy) is 1. The quantitative estimate of drug-likeness (QED) is 0.0320. The molecule has 0 aliphatic heterocycles. The molecule has 0 aromatic rings. The number of carbonyl (C=O) groups is 2. The molecule has 0 spiro atoms. The summed E-state index contributed by atoms with van der Waals surface area (Å²) in [6.07, 6.45) is 77.8. The first kappa shape index (κ1) is 70.1. The molecule has 0 heterocycles. The molecule has 0 bridgehead atoms. The zero-order valence-corrected chi connectivity index (χ0v) is 48.4. The van der Waals surface area contributed by atoms with Gasteiger partial charge in [-0.15, -0.1) is 0 Å². The number of hydrogen-bond acceptors (Lipinski definition) is 5. The highest BCUT2D eigenvalue weighted by Crippen LogP contribution is 2.17. The summed E-state index contributed by atoms with van der Waals surface area (Å²) >= 11 is 0. The fraction of sp³-hybridized carbons (Fsp3) is 0.879. The van der Waals surface area contributed by atoms with Crippen molar-refractivity contribution in [1.29, 1.82) is 0 Å². The normalized spacial score (nSPS) is 12.8. The molecule has 0 aliphatic rings. The van der Waals surface area contributed by atoms with E-state index in [4.69, 9.17) is 4.74 Å². The molecule has 6 heteroatoms. The summed E-state index contributed by atoms with van der Waals surface area (Å²) in [4.78, 5) is 24.5. The predicted octanol–water partition coefficient (Wildman–Crippen LogP) is 20.4. The van der Waals surface area contributed by atoms with Crippen LogP contribution >= 0.6 is 0 Å². The van der Waals surface area contributed by atoms with Crippen LogP contribution < -0.4 is 5.32 Å². The Balaban J connectivity index is 3.36. The Hall–Kier alpha value is -1.92. The standard InChI is InChI=1S/C66H125NO5/c1-3-5-7-9-11-13-15-16-17-34-37-40-44-48-52-56-60-66(71)72-61-57-53-49-45-41-38-35-32-30-28-26-24-22-20-18-19-21-23-25-27-29-31-33-36-39-43-47-51-55-59-65(70)67-63(62-68)64(69)58-54-50-46-42-14-12-10-8-6-4-2/h17-18,20,34,54,58,63-64,68-69H,3-16,19,21-33,35-53,55-57,59-62H2,1-2H3,(H,67,70)/b20-18-,34-17-,58-54+. The zero-order valence-electron chi connectivity index (χ0n) is 48.4. The van der Waals surface area contributed by atoms with Gasteiger partial charge in [0.1, 0.15) is 0 Å². The van der Waals surface area contributed by atoms with Crippen LogP contribution in [0.4, 0.5) is 0 Å². The van der Waals surface area contributed by atoms with Crippen molar-refractivity contribution in [2.45, 2.75) is 360 Å². The smallest absolute Gasteiger partial charge is 0.305 e. The molecular weight excluding hydrogens is 887 g/mol. The van der Waals surface area contributed by atoms with Crippen LogP contribution in [0.5, 0.6) is 0 Å². The molecule has 0 rings (SSSR count). The van der Waals surface area contributed by atoms with Gasteiger partial charge >= 0.3 is 5.97 Å². The Morgan fingerprint density at radius 2 is 0.653 bits per heavy atom. The maximum Gasteiger partial charge on any atom is 0.305 e. The molecule has 424 valence electrons. The topological polar surface area (TPSA) is 95.9 Å². The summed E-state index contributed by atoms with van der Waals surface area (Å²) in [5.74, 6) is -0.0597. The third kappa shape index (κ3) is 57.4. The van der Waals surface area contributed by atoms with E-state index in [9.17, 15) is 19.8 Å². The molecule has 6 nitrogen and oxygen atoms in total. The number of hydrogen-bond donors (Lipinski definition) is 3. The summed E-state index contributed by atoms with van der Waals surface area (Å²) in [5.41, 5.74) is 0. The average Bonchev–Trinajstić information content (AvgIpc) is 3.38. The molecule has 0 aromatic heterocycles. The van der Waals surface area contributed by atoms with Crippen molar-refractivity contribution < 1.29 is 24.5 Å². The van der Waals surface area contributed by atoms with Crippen molar-refractivity contribution in [2.75, 3.05) is 13.2 Å². The van der Waals surface area contributed by atoms with Crippen LogP contribution in [0.2, 0.25) is 0 Å². The monoisotopic (exact) mass is 1010 g/mol. The van der Waals surface area contributed by atoms with Crippen molar-refractivity contribution in [1.82, 2.24) is 5.32 Å². The first-order chi connectivity index (χ1) is 35.5. The van der Waals surface area contributed by atoms with Gasteiger partial charge in [-0.2, -0.15) is 0 Å². The number of nitrogens with one attached hydrogen (secondary N) is 1. The fourth-order valence-corrected chi connectivity index (χ4v) is 9.92. The molecule has 0 fully saturated rings. The first-order valence-corrected chi connectivity index (χ1v) is 32.3. The zero-order chi connectivity index (χ0) is 52.2. The number of carbonyl (C=O) groups excluding carboxylic acids is 2. The summed E-state index contributed by atoms with van der Waals surface area (Å²) in [5, 5.41) is 23.0. The molecule has 0 aliphatic carbocycles. The van der Waals surface area contributed by atoms with Gasteiger partial charge in [0, 0.05) is 12.8 Å². The first-order valence-electron chi connectivity index (χ1n) is 32.3. The summed E-state index contributed by atoms with van der Waals surface area (Å²) in [6.45, 7) is 4.89. The SMILES string of the molecule is CCCCCCCCC/C=C\CCCCCCCC(=O)OCCCCCCCCCCCCCC/C=C\CCCCCCCCCCCCCCCC(=O)NC(CO)C(O)/C=C/CCCCCCCCCC. The van der Waals surface area contributed by atoms with Gasteiger partial charge in [-0.1, -0.05) is 288 Å². The van der Waals surface area contributed by atoms with Crippen LogP contribution in [0.25, 0.3) is 0 Å². The lowest BCUT2D eigenvalue weighted by molar-refractivity contribution is -0.143. The van der Waals surface area contributed by atoms with Crippen molar-refractivity contribution in [3.8, 4) is 0 Å². The second-order valence-corrected chi connectivity index (χ2v) is 22.1. The fourth-order valence-electron chi connectivity index (χ4n) is 9.92. The number of aliphatic hydroxyl groups is 2. The Morgan fingerprint density at radius 1 is 0.375 bits per heavy atom. The van der Waals surface area contributed by atoms with Crippen LogP contribution in [0.3, 0.4) is 0 Å². The minimum Gasteiger partial charge on any atom is -0.466 e. The number of amides is 1. The van der Waals surface area contributed by atoms with Crippen LogP contribution in [-0.2, 0) is 14.3 Å². The highest BCUT2D eigenvalue weighted by atomic mass is 16.5. The Morgan fingerprint density at radius 3 is 0.986 bits per heavy atom. The minimum absolute atomic E-state index is 0.00874. The van der Waals surface area contributed by atoms with Gasteiger partial charge in [0.15, 0.2) is 0 Å². The maximum atomic E-state index is 12.4. The van der Waals surface area contributed by atoms with E-state index in [0.717, 1.165) is 44.9 Å². The molecular formula is C66H125NO5. The Bertz CT molecular complexity index is 1170. The minimum atomic E-state index is -0.842. The van der Waals surface area contributed by atoms with E-state index in [1.54, 1.807) is 6.08 Å². The lowest BCUT2D eigenvalue weighted by Crippen LogP contribution is -2.45. The van der Waals surface area contributed by atoms with Crippen LogP contribution in [-0.4, -0.2) is 47.4 Å². The molecule has 0 saturated heterocycles. The average molecular weight is 1010 g/mol. The molecule has 2 atom stereocenters.